The van der Waals surface area contributed by atoms with E-state index in [1.807, 2.05) is 0 Å². The summed E-state index contributed by atoms with van der Waals surface area (Å²) >= 11 is 5.99. The van der Waals surface area contributed by atoms with Crippen molar-refractivity contribution in [3.05, 3.63) is 28.8 Å². The average Bonchev–Trinajstić information content (AvgIpc) is 2.55. The summed E-state index contributed by atoms with van der Waals surface area (Å²) in [4.78, 5) is 26.0. The molecule has 1 heterocycles. The first kappa shape index (κ1) is 17.6. The Kier molecular flexibility index (Phi) is 6.28. The zero-order valence-electron chi connectivity index (χ0n) is 13.5. The predicted molar refractivity (Wildman–Crippen MR) is 87.6 cm³/mol. The number of amides is 1. The summed E-state index contributed by atoms with van der Waals surface area (Å²) in [6.07, 6.45) is 1.54. The van der Waals surface area contributed by atoms with Gasteiger partial charge in [0.2, 0.25) is 5.91 Å². The lowest BCUT2D eigenvalue weighted by Gasteiger charge is -2.31. The summed E-state index contributed by atoms with van der Waals surface area (Å²) in [5.41, 5.74) is 0.775. The molecule has 1 fully saturated rings. The minimum Gasteiger partial charge on any atom is -0.496 e. The number of ether oxygens (including phenoxy) is 2. The summed E-state index contributed by atoms with van der Waals surface area (Å²) in [5, 5.41) is 0.578. The van der Waals surface area contributed by atoms with Crippen molar-refractivity contribution >= 4 is 23.5 Å². The molecular formula is C17H22ClNO4. The first-order valence-electron chi connectivity index (χ1n) is 7.82. The number of hydrogen-bond acceptors (Lipinski definition) is 4. The van der Waals surface area contributed by atoms with Crippen LogP contribution in [-0.2, 0) is 20.7 Å². The van der Waals surface area contributed by atoms with Gasteiger partial charge in [0, 0.05) is 23.7 Å². The van der Waals surface area contributed by atoms with Gasteiger partial charge < -0.3 is 14.4 Å². The maximum absolute atomic E-state index is 12.5. The molecule has 1 aliphatic rings. The van der Waals surface area contributed by atoms with E-state index >= 15 is 0 Å². The fourth-order valence-electron chi connectivity index (χ4n) is 2.78. The van der Waals surface area contributed by atoms with E-state index in [1.54, 1.807) is 37.1 Å². The highest BCUT2D eigenvalue weighted by molar-refractivity contribution is 6.30. The summed E-state index contributed by atoms with van der Waals surface area (Å²) in [5.74, 6) is 0.424. The highest BCUT2D eigenvalue weighted by atomic mass is 35.5. The van der Waals surface area contributed by atoms with Gasteiger partial charge in [-0.3, -0.25) is 9.59 Å². The molecule has 1 aliphatic heterocycles. The summed E-state index contributed by atoms with van der Waals surface area (Å²) < 4.78 is 10.3. The molecule has 6 heteroatoms. The third-order valence-electron chi connectivity index (χ3n) is 4.05. The monoisotopic (exact) mass is 339 g/mol. The average molecular weight is 340 g/mol. The minimum absolute atomic E-state index is 0.0212. The molecule has 1 aromatic carbocycles. The number of nitrogens with zero attached hydrogens (tertiary/aromatic N) is 1. The Labute approximate surface area is 141 Å². The summed E-state index contributed by atoms with van der Waals surface area (Å²) in [7, 11) is 1.57. The van der Waals surface area contributed by atoms with Gasteiger partial charge in [-0.15, -0.1) is 0 Å². The van der Waals surface area contributed by atoms with E-state index < -0.39 is 0 Å². The normalized spacial score (nSPS) is 15.3. The van der Waals surface area contributed by atoms with Crippen LogP contribution in [0.4, 0.5) is 0 Å². The molecule has 126 valence electrons. The van der Waals surface area contributed by atoms with Crippen LogP contribution in [0.1, 0.15) is 25.3 Å². The standard InChI is InChI=1S/C17H22ClNO4/c1-3-23-17(21)12-6-8-19(9-7-12)16(20)11-13-10-14(18)4-5-15(13)22-2/h4-5,10,12H,3,6-9,11H2,1-2H3. The maximum atomic E-state index is 12.5. The van der Waals surface area contributed by atoms with E-state index in [0.29, 0.717) is 43.3 Å². The Morgan fingerprint density at radius 3 is 2.61 bits per heavy atom. The molecule has 5 nitrogen and oxygen atoms in total. The molecule has 23 heavy (non-hydrogen) atoms. The van der Waals surface area contributed by atoms with Gasteiger partial charge in [0.25, 0.3) is 0 Å². The minimum atomic E-state index is -0.156. The van der Waals surface area contributed by atoms with Crippen LogP contribution in [-0.4, -0.2) is 43.6 Å². The smallest absolute Gasteiger partial charge is 0.309 e. The Morgan fingerprint density at radius 2 is 2.00 bits per heavy atom. The predicted octanol–water partition coefficient (Wildman–Crippen LogP) is 2.69. The quantitative estimate of drug-likeness (QED) is 0.774. The number of rotatable bonds is 5. The van der Waals surface area contributed by atoms with E-state index in [4.69, 9.17) is 21.1 Å². The molecular weight excluding hydrogens is 318 g/mol. The molecule has 0 unspecified atom stereocenters. The second kappa shape index (κ2) is 8.20. The lowest BCUT2D eigenvalue weighted by molar-refractivity contribution is -0.151. The Hall–Kier alpha value is -1.75. The van der Waals surface area contributed by atoms with Crippen molar-refractivity contribution in [2.45, 2.75) is 26.2 Å². The van der Waals surface area contributed by atoms with E-state index in [0.717, 1.165) is 5.56 Å². The van der Waals surface area contributed by atoms with Crippen molar-refractivity contribution in [1.82, 2.24) is 4.90 Å². The molecule has 0 spiro atoms. The number of halogens is 1. The van der Waals surface area contributed by atoms with Crippen LogP contribution in [0.2, 0.25) is 5.02 Å². The molecule has 0 aromatic heterocycles. The molecule has 0 radical (unpaired) electrons. The lowest BCUT2D eigenvalue weighted by atomic mass is 9.96. The Morgan fingerprint density at radius 1 is 1.30 bits per heavy atom. The number of benzene rings is 1. The van der Waals surface area contributed by atoms with Crippen molar-refractivity contribution in [2.75, 3.05) is 26.8 Å². The molecule has 0 atom stereocenters. The highest BCUT2D eigenvalue weighted by Crippen LogP contribution is 2.25. The number of esters is 1. The molecule has 1 saturated heterocycles. The van der Waals surface area contributed by atoms with Crippen LogP contribution in [0.25, 0.3) is 0 Å². The molecule has 0 aliphatic carbocycles. The molecule has 2 rings (SSSR count). The van der Waals surface area contributed by atoms with Crippen molar-refractivity contribution in [2.24, 2.45) is 5.92 Å². The van der Waals surface area contributed by atoms with Gasteiger partial charge in [-0.2, -0.15) is 0 Å². The molecule has 0 N–H and O–H groups in total. The lowest BCUT2D eigenvalue weighted by Crippen LogP contribution is -2.41. The zero-order chi connectivity index (χ0) is 16.8. The van der Waals surface area contributed by atoms with Crippen molar-refractivity contribution in [3.8, 4) is 5.75 Å². The fraction of sp³-hybridized carbons (Fsp3) is 0.529. The second-order valence-electron chi connectivity index (χ2n) is 5.54. The third kappa shape index (κ3) is 4.61. The molecule has 0 bridgehead atoms. The van der Waals surface area contributed by atoms with Gasteiger partial charge in [0.15, 0.2) is 0 Å². The summed E-state index contributed by atoms with van der Waals surface area (Å²) in [6, 6.07) is 5.25. The Bertz CT molecular complexity index is 568. The molecule has 0 saturated carbocycles. The molecule has 1 amide bonds. The van der Waals surface area contributed by atoms with Crippen LogP contribution in [0.5, 0.6) is 5.75 Å². The number of carbonyl (C=O) groups excluding carboxylic acids is 2. The van der Waals surface area contributed by atoms with Crippen LogP contribution < -0.4 is 4.74 Å². The van der Waals surface area contributed by atoms with E-state index in [1.165, 1.54) is 0 Å². The van der Waals surface area contributed by atoms with Gasteiger partial charge in [-0.05, 0) is 38.0 Å². The largest absolute Gasteiger partial charge is 0.496 e. The van der Waals surface area contributed by atoms with E-state index in [9.17, 15) is 9.59 Å². The van der Waals surface area contributed by atoms with Crippen molar-refractivity contribution < 1.29 is 19.1 Å². The van der Waals surface area contributed by atoms with Gasteiger partial charge in [0.05, 0.1) is 26.1 Å². The maximum Gasteiger partial charge on any atom is 0.309 e. The number of likely N-dealkylation sites (tertiary alicyclic amines) is 1. The van der Waals surface area contributed by atoms with Gasteiger partial charge in [-0.25, -0.2) is 0 Å². The fourth-order valence-corrected chi connectivity index (χ4v) is 2.98. The van der Waals surface area contributed by atoms with Crippen molar-refractivity contribution in [1.29, 1.82) is 0 Å². The first-order valence-corrected chi connectivity index (χ1v) is 8.19. The number of piperidine rings is 1. The van der Waals surface area contributed by atoms with Crippen LogP contribution >= 0.6 is 11.6 Å². The van der Waals surface area contributed by atoms with E-state index in [-0.39, 0.29) is 24.2 Å². The van der Waals surface area contributed by atoms with Crippen LogP contribution in [0.3, 0.4) is 0 Å². The van der Waals surface area contributed by atoms with Crippen LogP contribution in [0, 0.1) is 5.92 Å². The first-order chi connectivity index (χ1) is 11.0. The van der Waals surface area contributed by atoms with Gasteiger partial charge >= 0.3 is 5.97 Å². The number of hydrogen-bond donors (Lipinski definition) is 0. The van der Waals surface area contributed by atoms with E-state index in [2.05, 4.69) is 0 Å². The second-order valence-corrected chi connectivity index (χ2v) is 5.98. The number of methoxy groups -OCH3 is 1. The van der Waals surface area contributed by atoms with Crippen molar-refractivity contribution in [3.63, 3.8) is 0 Å². The Balaban J connectivity index is 1.93. The summed E-state index contributed by atoms with van der Waals surface area (Å²) in [6.45, 7) is 3.35. The third-order valence-corrected chi connectivity index (χ3v) is 4.29. The van der Waals surface area contributed by atoms with Gasteiger partial charge in [-0.1, -0.05) is 11.6 Å². The molecule has 1 aromatic rings. The zero-order valence-corrected chi connectivity index (χ0v) is 14.3. The highest BCUT2D eigenvalue weighted by Gasteiger charge is 2.28. The topological polar surface area (TPSA) is 55.8 Å². The number of carbonyl (C=O) groups is 2. The SMILES string of the molecule is CCOC(=O)C1CCN(C(=O)Cc2cc(Cl)ccc2OC)CC1. The van der Waals surface area contributed by atoms with Gasteiger partial charge in [0.1, 0.15) is 5.75 Å². The van der Waals surface area contributed by atoms with Crippen LogP contribution in [0.15, 0.2) is 18.2 Å².